The highest BCUT2D eigenvalue weighted by Crippen LogP contribution is 2.34. The number of nitrogens with zero attached hydrogens (tertiary/aromatic N) is 1. The van der Waals surface area contributed by atoms with Gasteiger partial charge in [-0.05, 0) is 48.2 Å². The molecular weight excluding hydrogens is 336 g/mol. The van der Waals surface area contributed by atoms with Crippen molar-refractivity contribution in [2.24, 2.45) is 5.73 Å². The lowest BCUT2D eigenvalue weighted by Crippen LogP contribution is -2.45. The number of rotatable bonds is 6. The van der Waals surface area contributed by atoms with Gasteiger partial charge in [-0.25, -0.2) is 0 Å². The van der Waals surface area contributed by atoms with Gasteiger partial charge in [0.2, 0.25) is 0 Å². The number of piperidine rings is 1. The van der Waals surface area contributed by atoms with Gasteiger partial charge in [-0.15, -0.1) is 11.3 Å². The molecular formula is C15H25BrN2OS. The molecule has 0 aromatic carbocycles. The lowest BCUT2D eigenvalue weighted by atomic mass is 9.98. The van der Waals surface area contributed by atoms with E-state index in [-0.39, 0.29) is 6.04 Å². The molecule has 2 heterocycles. The molecule has 1 saturated heterocycles. The quantitative estimate of drug-likeness (QED) is 0.838. The standard InChI is InChI=1S/C15H25BrN2OS/c1-3-13(17)15(14-9-11(16)10-20-14)18-7-5-12(6-8-18)19-4-2/h9-10,12-13,15H,3-8,17H2,1-2H3. The Labute approximate surface area is 134 Å². The van der Waals surface area contributed by atoms with Gasteiger partial charge < -0.3 is 10.5 Å². The fraction of sp³-hybridized carbons (Fsp3) is 0.733. The van der Waals surface area contributed by atoms with E-state index in [1.165, 1.54) is 4.88 Å². The molecule has 0 bridgehead atoms. The topological polar surface area (TPSA) is 38.5 Å². The summed E-state index contributed by atoms with van der Waals surface area (Å²) < 4.78 is 6.91. The third-order valence-corrected chi connectivity index (χ3v) is 5.79. The van der Waals surface area contributed by atoms with Crippen LogP contribution < -0.4 is 5.73 Å². The largest absolute Gasteiger partial charge is 0.378 e. The second kappa shape index (κ2) is 7.90. The second-order valence-electron chi connectivity index (χ2n) is 5.37. The van der Waals surface area contributed by atoms with Gasteiger partial charge in [-0.3, -0.25) is 4.90 Å². The maximum atomic E-state index is 6.40. The molecule has 20 heavy (non-hydrogen) atoms. The molecule has 2 N–H and O–H groups in total. The maximum Gasteiger partial charge on any atom is 0.0599 e. The number of hydrogen-bond acceptors (Lipinski definition) is 4. The Balaban J connectivity index is 2.05. The van der Waals surface area contributed by atoms with Crippen molar-refractivity contribution in [3.8, 4) is 0 Å². The van der Waals surface area contributed by atoms with Gasteiger partial charge in [0, 0.05) is 40.5 Å². The van der Waals surface area contributed by atoms with Crippen LogP contribution in [0.3, 0.4) is 0 Å². The van der Waals surface area contributed by atoms with Crippen LogP contribution in [0.15, 0.2) is 15.9 Å². The zero-order valence-electron chi connectivity index (χ0n) is 12.3. The van der Waals surface area contributed by atoms with Gasteiger partial charge in [-0.1, -0.05) is 6.92 Å². The number of halogens is 1. The molecule has 0 saturated carbocycles. The molecule has 114 valence electrons. The third kappa shape index (κ3) is 4.04. The van der Waals surface area contributed by atoms with Crippen molar-refractivity contribution >= 4 is 27.3 Å². The van der Waals surface area contributed by atoms with E-state index >= 15 is 0 Å². The Bertz CT molecular complexity index is 404. The fourth-order valence-corrected chi connectivity index (χ4v) is 4.58. The van der Waals surface area contributed by atoms with Crippen molar-refractivity contribution < 1.29 is 4.74 Å². The van der Waals surface area contributed by atoms with E-state index in [1.807, 2.05) is 0 Å². The number of ether oxygens (including phenoxy) is 1. The lowest BCUT2D eigenvalue weighted by molar-refractivity contribution is 0.000796. The van der Waals surface area contributed by atoms with Crippen molar-refractivity contribution in [1.82, 2.24) is 4.90 Å². The summed E-state index contributed by atoms with van der Waals surface area (Å²) >= 11 is 5.36. The molecule has 0 amide bonds. The van der Waals surface area contributed by atoms with Crippen LogP contribution in [0.5, 0.6) is 0 Å². The van der Waals surface area contributed by atoms with E-state index in [0.29, 0.717) is 12.1 Å². The molecule has 1 aromatic heterocycles. The lowest BCUT2D eigenvalue weighted by Gasteiger charge is -2.39. The van der Waals surface area contributed by atoms with Crippen LogP contribution in [0.25, 0.3) is 0 Å². The zero-order valence-corrected chi connectivity index (χ0v) is 14.8. The average molecular weight is 361 g/mol. The summed E-state index contributed by atoms with van der Waals surface area (Å²) in [6.45, 7) is 7.23. The van der Waals surface area contributed by atoms with Crippen LogP contribution in [0.1, 0.15) is 44.0 Å². The smallest absolute Gasteiger partial charge is 0.0599 e. The minimum Gasteiger partial charge on any atom is -0.378 e. The molecule has 2 atom stereocenters. The summed E-state index contributed by atoms with van der Waals surface area (Å²) in [5, 5.41) is 2.15. The molecule has 0 spiro atoms. The number of likely N-dealkylation sites (tertiary alicyclic amines) is 1. The van der Waals surface area contributed by atoms with Crippen molar-refractivity contribution in [2.75, 3.05) is 19.7 Å². The first kappa shape index (κ1) is 16.4. The third-order valence-electron chi connectivity index (χ3n) is 4.03. The van der Waals surface area contributed by atoms with E-state index in [4.69, 9.17) is 10.5 Å². The average Bonchev–Trinajstić information content (AvgIpc) is 2.87. The first-order valence-electron chi connectivity index (χ1n) is 7.50. The molecule has 1 aliphatic rings. The minimum absolute atomic E-state index is 0.198. The second-order valence-corrected chi connectivity index (χ2v) is 7.23. The van der Waals surface area contributed by atoms with Crippen LogP contribution >= 0.6 is 27.3 Å². The van der Waals surface area contributed by atoms with E-state index in [0.717, 1.165) is 43.4 Å². The highest BCUT2D eigenvalue weighted by atomic mass is 79.9. The molecule has 2 rings (SSSR count). The molecule has 2 unspecified atom stereocenters. The van der Waals surface area contributed by atoms with Gasteiger partial charge >= 0.3 is 0 Å². The van der Waals surface area contributed by atoms with E-state index in [2.05, 4.69) is 46.1 Å². The molecule has 5 heteroatoms. The van der Waals surface area contributed by atoms with Gasteiger partial charge in [0.05, 0.1) is 12.1 Å². The normalized spacial score (nSPS) is 21.0. The highest BCUT2D eigenvalue weighted by molar-refractivity contribution is 9.10. The SMILES string of the molecule is CCOC1CCN(C(c2cc(Br)cs2)C(N)CC)CC1. The Morgan fingerprint density at radius 2 is 2.15 bits per heavy atom. The van der Waals surface area contributed by atoms with Crippen molar-refractivity contribution in [3.63, 3.8) is 0 Å². The van der Waals surface area contributed by atoms with E-state index in [1.54, 1.807) is 11.3 Å². The van der Waals surface area contributed by atoms with E-state index < -0.39 is 0 Å². The Kier molecular flexibility index (Phi) is 6.49. The van der Waals surface area contributed by atoms with Gasteiger partial charge in [0.15, 0.2) is 0 Å². The molecule has 1 aromatic rings. The summed E-state index contributed by atoms with van der Waals surface area (Å²) in [6.07, 6.45) is 3.68. The Hall–Kier alpha value is 0.0600. The molecule has 1 aliphatic heterocycles. The minimum atomic E-state index is 0.198. The van der Waals surface area contributed by atoms with Crippen molar-refractivity contribution in [2.45, 2.75) is 51.3 Å². The molecule has 3 nitrogen and oxygen atoms in total. The number of nitrogens with two attached hydrogens (primary N) is 1. The van der Waals surface area contributed by atoms with Gasteiger partial charge in [0.25, 0.3) is 0 Å². The fourth-order valence-electron chi connectivity index (χ4n) is 2.92. The molecule has 0 aliphatic carbocycles. The predicted octanol–water partition coefficient (Wildman–Crippen LogP) is 3.79. The van der Waals surface area contributed by atoms with Crippen LogP contribution in [0.2, 0.25) is 0 Å². The van der Waals surface area contributed by atoms with Crippen LogP contribution in [0.4, 0.5) is 0 Å². The molecule has 1 fully saturated rings. The van der Waals surface area contributed by atoms with Crippen LogP contribution in [0, 0.1) is 0 Å². The first-order valence-corrected chi connectivity index (χ1v) is 9.18. The van der Waals surface area contributed by atoms with Crippen LogP contribution in [-0.2, 0) is 4.74 Å². The summed E-state index contributed by atoms with van der Waals surface area (Å²) in [7, 11) is 0. The van der Waals surface area contributed by atoms with Gasteiger partial charge in [0.1, 0.15) is 0 Å². The summed E-state index contributed by atoms with van der Waals surface area (Å²) in [5.41, 5.74) is 6.40. The Morgan fingerprint density at radius 3 is 2.65 bits per heavy atom. The van der Waals surface area contributed by atoms with E-state index in [9.17, 15) is 0 Å². The van der Waals surface area contributed by atoms with Crippen molar-refractivity contribution in [3.05, 3.63) is 20.8 Å². The number of hydrogen-bond donors (Lipinski definition) is 1. The molecule has 0 radical (unpaired) electrons. The Morgan fingerprint density at radius 1 is 1.45 bits per heavy atom. The number of thiophene rings is 1. The monoisotopic (exact) mass is 360 g/mol. The highest BCUT2D eigenvalue weighted by Gasteiger charge is 2.30. The summed E-state index contributed by atoms with van der Waals surface area (Å²) in [6, 6.07) is 2.77. The zero-order chi connectivity index (χ0) is 14.5. The van der Waals surface area contributed by atoms with Crippen LogP contribution in [-0.4, -0.2) is 36.7 Å². The first-order chi connectivity index (χ1) is 9.65. The van der Waals surface area contributed by atoms with Crippen molar-refractivity contribution in [1.29, 1.82) is 0 Å². The maximum absolute atomic E-state index is 6.40. The van der Waals surface area contributed by atoms with Gasteiger partial charge in [-0.2, -0.15) is 0 Å². The predicted molar refractivity (Wildman–Crippen MR) is 89.2 cm³/mol. The summed E-state index contributed by atoms with van der Waals surface area (Å²) in [5.74, 6) is 0. The summed E-state index contributed by atoms with van der Waals surface area (Å²) in [4.78, 5) is 3.92.